The molecule has 0 saturated carbocycles. The first-order valence-electron chi connectivity index (χ1n) is 7.31. The molecule has 0 saturated heterocycles. The lowest BCUT2D eigenvalue weighted by Crippen LogP contribution is -2.30. The summed E-state index contributed by atoms with van der Waals surface area (Å²) in [6.45, 7) is 3.52. The Hall–Kier alpha value is -3.28. The Morgan fingerprint density at radius 1 is 1.04 bits per heavy atom. The predicted molar refractivity (Wildman–Crippen MR) is 92.0 cm³/mol. The summed E-state index contributed by atoms with van der Waals surface area (Å²) in [6, 6.07) is 13.9. The van der Waals surface area contributed by atoms with Gasteiger partial charge in [-0.3, -0.25) is 0 Å². The lowest BCUT2D eigenvalue weighted by atomic mass is 10.0. The number of phenolic OH excluding ortho intramolecular Hbond substituents is 1. The molecule has 2 amide bonds. The zero-order valence-electron chi connectivity index (χ0n) is 13.0. The number of amides is 2. The van der Waals surface area contributed by atoms with Crippen LogP contribution in [0.25, 0.3) is 11.1 Å². The van der Waals surface area contributed by atoms with Gasteiger partial charge in [-0.15, -0.1) is 0 Å². The summed E-state index contributed by atoms with van der Waals surface area (Å²) < 4.78 is 0. The molecule has 0 spiro atoms. The van der Waals surface area contributed by atoms with Crippen molar-refractivity contribution >= 4 is 17.7 Å². The van der Waals surface area contributed by atoms with Gasteiger partial charge in [0, 0.05) is 12.1 Å². The third kappa shape index (κ3) is 4.61. The van der Waals surface area contributed by atoms with Crippen molar-refractivity contribution in [1.82, 2.24) is 5.32 Å². The first kappa shape index (κ1) is 17.1. The smallest absolute Gasteiger partial charge is 0.331 e. The molecule has 0 aliphatic rings. The molecule has 0 aliphatic carbocycles. The van der Waals surface area contributed by atoms with Gasteiger partial charge in [-0.1, -0.05) is 43.0 Å². The van der Waals surface area contributed by atoms with Gasteiger partial charge in [0.25, 0.3) is 0 Å². The van der Waals surface area contributed by atoms with Crippen LogP contribution in [-0.4, -0.2) is 28.8 Å². The minimum Gasteiger partial charge on any atom is -0.506 e. The van der Waals surface area contributed by atoms with Crippen LogP contribution >= 0.6 is 0 Å². The third-order valence-electron chi connectivity index (χ3n) is 3.37. The molecule has 0 unspecified atom stereocenters. The minimum absolute atomic E-state index is 0.0178. The summed E-state index contributed by atoms with van der Waals surface area (Å²) in [5.74, 6) is -1.15. The van der Waals surface area contributed by atoms with Gasteiger partial charge in [0.1, 0.15) is 5.75 Å². The maximum Gasteiger partial charge on any atom is 0.331 e. The number of aromatic hydroxyl groups is 1. The molecular formula is C18H18N2O4. The molecule has 0 aromatic heterocycles. The number of anilines is 1. The van der Waals surface area contributed by atoms with Crippen molar-refractivity contribution in [2.45, 2.75) is 6.42 Å². The number of carboxylic acid groups (broad SMARTS) is 1. The van der Waals surface area contributed by atoms with Crippen molar-refractivity contribution in [2.75, 3.05) is 11.9 Å². The van der Waals surface area contributed by atoms with Crippen molar-refractivity contribution in [3.63, 3.8) is 0 Å². The Morgan fingerprint density at radius 2 is 1.75 bits per heavy atom. The molecule has 0 bridgehead atoms. The SMILES string of the molecule is C=C(CCNC(=O)Nc1cc(-c2ccccc2)ccc1O)C(=O)O. The average Bonchev–Trinajstić information content (AvgIpc) is 2.57. The number of carboxylic acids is 1. The second-order valence-electron chi connectivity index (χ2n) is 5.14. The lowest BCUT2D eigenvalue weighted by molar-refractivity contribution is -0.132. The van der Waals surface area contributed by atoms with Gasteiger partial charge in [0.2, 0.25) is 0 Å². The second kappa shape index (κ2) is 7.82. The second-order valence-corrected chi connectivity index (χ2v) is 5.14. The molecule has 0 aliphatic heterocycles. The van der Waals surface area contributed by atoms with E-state index in [1.54, 1.807) is 12.1 Å². The van der Waals surface area contributed by atoms with E-state index in [0.717, 1.165) is 11.1 Å². The van der Waals surface area contributed by atoms with Crippen molar-refractivity contribution in [2.24, 2.45) is 0 Å². The maximum absolute atomic E-state index is 11.9. The standard InChI is InChI=1S/C18H18N2O4/c1-12(17(22)23)9-10-19-18(24)20-15-11-14(7-8-16(15)21)13-5-3-2-4-6-13/h2-8,11,21H,1,9-10H2,(H,22,23)(H2,19,20,24). The van der Waals surface area contributed by atoms with E-state index < -0.39 is 12.0 Å². The fourth-order valence-corrected chi connectivity index (χ4v) is 2.05. The van der Waals surface area contributed by atoms with Crippen LogP contribution in [0.15, 0.2) is 60.7 Å². The molecule has 24 heavy (non-hydrogen) atoms. The van der Waals surface area contributed by atoms with Crippen LogP contribution < -0.4 is 10.6 Å². The number of hydrogen-bond donors (Lipinski definition) is 4. The van der Waals surface area contributed by atoms with E-state index in [-0.39, 0.29) is 30.0 Å². The van der Waals surface area contributed by atoms with E-state index in [4.69, 9.17) is 5.11 Å². The average molecular weight is 326 g/mol. The molecule has 2 aromatic rings. The quantitative estimate of drug-likeness (QED) is 0.484. The molecule has 2 aromatic carbocycles. The highest BCUT2D eigenvalue weighted by molar-refractivity contribution is 5.92. The van der Waals surface area contributed by atoms with Gasteiger partial charge < -0.3 is 20.8 Å². The van der Waals surface area contributed by atoms with Gasteiger partial charge in [0.15, 0.2) is 0 Å². The van der Waals surface area contributed by atoms with Gasteiger partial charge in [-0.25, -0.2) is 9.59 Å². The molecular weight excluding hydrogens is 308 g/mol. The molecule has 0 atom stereocenters. The lowest BCUT2D eigenvalue weighted by Gasteiger charge is -2.11. The summed E-state index contributed by atoms with van der Waals surface area (Å²) in [5.41, 5.74) is 2.09. The summed E-state index contributed by atoms with van der Waals surface area (Å²) in [5, 5.41) is 23.6. The van der Waals surface area contributed by atoms with E-state index in [9.17, 15) is 14.7 Å². The van der Waals surface area contributed by atoms with Crippen molar-refractivity contribution < 1.29 is 19.8 Å². The predicted octanol–water partition coefficient (Wildman–Crippen LogP) is 3.21. The number of aliphatic carboxylic acids is 1. The van der Waals surface area contributed by atoms with Crippen LogP contribution in [0.3, 0.4) is 0 Å². The van der Waals surface area contributed by atoms with E-state index >= 15 is 0 Å². The van der Waals surface area contributed by atoms with Crippen LogP contribution in [-0.2, 0) is 4.79 Å². The van der Waals surface area contributed by atoms with E-state index in [2.05, 4.69) is 17.2 Å². The Kier molecular flexibility index (Phi) is 5.57. The number of phenols is 1. The number of rotatable bonds is 6. The fourth-order valence-electron chi connectivity index (χ4n) is 2.05. The van der Waals surface area contributed by atoms with Crippen molar-refractivity contribution in [3.05, 3.63) is 60.7 Å². The highest BCUT2D eigenvalue weighted by Gasteiger charge is 2.09. The van der Waals surface area contributed by atoms with E-state index in [1.807, 2.05) is 30.3 Å². The fraction of sp³-hybridized carbons (Fsp3) is 0.111. The summed E-state index contributed by atoms with van der Waals surface area (Å²) in [6.07, 6.45) is 0.138. The highest BCUT2D eigenvalue weighted by Crippen LogP contribution is 2.29. The number of hydrogen-bond acceptors (Lipinski definition) is 3. The monoisotopic (exact) mass is 326 g/mol. The first-order valence-corrected chi connectivity index (χ1v) is 7.31. The molecule has 0 heterocycles. The Balaban J connectivity index is 2.00. The highest BCUT2D eigenvalue weighted by atomic mass is 16.4. The molecule has 0 fully saturated rings. The molecule has 6 nitrogen and oxygen atoms in total. The minimum atomic E-state index is -1.09. The zero-order valence-corrected chi connectivity index (χ0v) is 13.0. The Morgan fingerprint density at radius 3 is 2.42 bits per heavy atom. The van der Waals surface area contributed by atoms with Gasteiger partial charge >= 0.3 is 12.0 Å². The summed E-state index contributed by atoms with van der Waals surface area (Å²) in [4.78, 5) is 22.5. The van der Waals surface area contributed by atoms with Gasteiger partial charge in [-0.2, -0.15) is 0 Å². The van der Waals surface area contributed by atoms with Crippen LogP contribution in [0.1, 0.15) is 6.42 Å². The van der Waals surface area contributed by atoms with Gasteiger partial charge in [0.05, 0.1) is 5.69 Å². The maximum atomic E-state index is 11.9. The van der Waals surface area contributed by atoms with Gasteiger partial charge in [-0.05, 0) is 29.7 Å². The third-order valence-corrected chi connectivity index (χ3v) is 3.37. The number of carbonyl (C=O) groups excluding carboxylic acids is 1. The zero-order chi connectivity index (χ0) is 17.5. The Labute approximate surface area is 139 Å². The molecule has 2 rings (SSSR count). The Bertz CT molecular complexity index is 757. The number of nitrogens with one attached hydrogen (secondary N) is 2. The van der Waals surface area contributed by atoms with Crippen LogP contribution in [0.2, 0.25) is 0 Å². The first-order chi connectivity index (χ1) is 11.5. The number of benzene rings is 2. The van der Waals surface area contributed by atoms with E-state index in [0.29, 0.717) is 0 Å². The topological polar surface area (TPSA) is 98.7 Å². The van der Waals surface area contributed by atoms with Crippen LogP contribution in [0.4, 0.5) is 10.5 Å². The van der Waals surface area contributed by atoms with Crippen molar-refractivity contribution in [3.8, 4) is 16.9 Å². The molecule has 6 heteroatoms. The van der Waals surface area contributed by atoms with Crippen molar-refractivity contribution in [1.29, 1.82) is 0 Å². The van der Waals surface area contributed by atoms with E-state index in [1.165, 1.54) is 6.07 Å². The number of urea groups is 1. The normalized spacial score (nSPS) is 10.0. The summed E-state index contributed by atoms with van der Waals surface area (Å²) in [7, 11) is 0. The molecule has 0 radical (unpaired) electrons. The molecule has 124 valence electrons. The number of carbonyl (C=O) groups is 2. The summed E-state index contributed by atoms with van der Waals surface area (Å²) >= 11 is 0. The van der Waals surface area contributed by atoms with Crippen LogP contribution in [0.5, 0.6) is 5.75 Å². The molecule has 4 N–H and O–H groups in total. The largest absolute Gasteiger partial charge is 0.506 e. The van der Waals surface area contributed by atoms with Crippen LogP contribution in [0, 0.1) is 0 Å².